The SMILES string of the molecule is O=C(NCC(c1cnc(C(F)(F)F)nc1)N1CCCOCC1)c1cccc2nc(NCC3CCOCC3)ccc12. The summed E-state index contributed by atoms with van der Waals surface area (Å²) in [7, 11) is 0. The Bertz CT molecular complexity index is 1280. The van der Waals surface area contributed by atoms with E-state index < -0.39 is 18.0 Å². The molecule has 1 aromatic carbocycles. The number of aromatic nitrogens is 3. The van der Waals surface area contributed by atoms with E-state index in [0.717, 1.165) is 44.8 Å². The van der Waals surface area contributed by atoms with Crippen LogP contribution in [0.5, 0.6) is 0 Å². The van der Waals surface area contributed by atoms with E-state index in [0.29, 0.717) is 54.3 Å². The molecule has 40 heavy (non-hydrogen) atoms. The molecule has 5 rings (SSSR count). The number of carbonyl (C=O) groups is 1. The van der Waals surface area contributed by atoms with Crippen molar-refractivity contribution >= 4 is 22.6 Å². The quantitative estimate of drug-likeness (QED) is 0.427. The fraction of sp³-hybridized carbons (Fsp3) is 0.500. The minimum Gasteiger partial charge on any atom is -0.381 e. The second-order valence-electron chi connectivity index (χ2n) is 10.1. The first kappa shape index (κ1) is 28.2. The van der Waals surface area contributed by atoms with Gasteiger partial charge in [-0.05, 0) is 49.4 Å². The van der Waals surface area contributed by atoms with Crippen LogP contribution in [-0.4, -0.2) is 78.4 Å². The molecule has 3 aromatic rings. The number of benzene rings is 1. The number of nitrogens with zero attached hydrogens (tertiary/aromatic N) is 4. The van der Waals surface area contributed by atoms with Gasteiger partial charge >= 0.3 is 6.18 Å². The molecular formula is C28H33F3N6O3. The number of pyridine rings is 1. The van der Waals surface area contributed by atoms with Gasteiger partial charge in [-0.25, -0.2) is 15.0 Å². The molecule has 2 aliphatic heterocycles. The van der Waals surface area contributed by atoms with Gasteiger partial charge in [-0.1, -0.05) is 6.07 Å². The van der Waals surface area contributed by atoms with Crippen molar-refractivity contribution in [2.45, 2.75) is 31.5 Å². The molecule has 2 aromatic heterocycles. The van der Waals surface area contributed by atoms with Crippen molar-refractivity contribution in [3.05, 3.63) is 59.7 Å². The number of ether oxygens (including phenoxy) is 2. The summed E-state index contributed by atoms with van der Waals surface area (Å²) in [5.74, 6) is -0.188. The molecule has 1 atom stereocenters. The summed E-state index contributed by atoms with van der Waals surface area (Å²) in [5, 5.41) is 7.10. The molecule has 1 amide bonds. The van der Waals surface area contributed by atoms with E-state index in [1.807, 2.05) is 18.2 Å². The van der Waals surface area contributed by atoms with Crippen LogP contribution < -0.4 is 10.6 Å². The number of nitrogens with one attached hydrogen (secondary N) is 2. The highest BCUT2D eigenvalue weighted by atomic mass is 19.4. The number of carbonyl (C=O) groups excluding carboxylic acids is 1. The molecule has 0 spiro atoms. The average molecular weight is 559 g/mol. The third-order valence-corrected chi connectivity index (χ3v) is 7.35. The lowest BCUT2D eigenvalue weighted by Gasteiger charge is -2.30. The summed E-state index contributed by atoms with van der Waals surface area (Å²) >= 11 is 0. The minimum atomic E-state index is -4.62. The lowest BCUT2D eigenvalue weighted by Crippen LogP contribution is -2.39. The van der Waals surface area contributed by atoms with Gasteiger partial charge in [0.2, 0.25) is 5.82 Å². The Kier molecular flexibility index (Phi) is 9.08. The van der Waals surface area contributed by atoms with Gasteiger partial charge in [-0.3, -0.25) is 9.69 Å². The van der Waals surface area contributed by atoms with Gasteiger partial charge in [-0.2, -0.15) is 13.2 Å². The molecule has 9 nitrogen and oxygen atoms in total. The second kappa shape index (κ2) is 12.9. The molecule has 0 radical (unpaired) electrons. The van der Waals surface area contributed by atoms with E-state index in [4.69, 9.17) is 14.5 Å². The molecule has 214 valence electrons. The lowest BCUT2D eigenvalue weighted by molar-refractivity contribution is -0.145. The molecule has 2 N–H and O–H groups in total. The number of hydrogen-bond donors (Lipinski definition) is 2. The number of amides is 1. The Balaban J connectivity index is 1.30. The number of halogens is 3. The van der Waals surface area contributed by atoms with E-state index in [9.17, 15) is 18.0 Å². The topological polar surface area (TPSA) is 102 Å². The molecular weight excluding hydrogens is 525 g/mol. The van der Waals surface area contributed by atoms with Crippen LogP contribution in [0.1, 0.15) is 47.1 Å². The molecule has 0 bridgehead atoms. The summed E-state index contributed by atoms with van der Waals surface area (Å²) in [6.45, 7) is 4.90. The zero-order chi connectivity index (χ0) is 28.0. The highest BCUT2D eigenvalue weighted by Crippen LogP contribution is 2.28. The second-order valence-corrected chi connectivity index (χ2v) is 10.1. The van der Waals surface area contributed by atoms with Gasteiger partial charge in [0.25, 0.3) is 5.91 Å². The zero-order valence-corrected chi connectivity index (χ0v) is 22.1. The fourth-order valence-electron chi connectivity index (χ4n) is 5.13. The van der Waals surface area contributed by atoms with Gasteiger partial charge in [0.15, 0.2) is 0 Å². The summed E-state index contributed by atoms with van der Waals surface area (Å²) < 4.78 is 50.1. The van der Waals surface area contributed by atoms with Crippen LogP contribution in [0.4, 0.5) is 19.0 Å². The zero-order valence-electron chi connectivity index (χ0n) is 22.1. The predicted octanol–water partition coefficient (Wildman–Crippen LogP) is 4.08. The highest BCUT2D eigenvalue weighted by molar-refractivity contribution is 6.06. The average Bonchev–Trinajstić information content (AvgIpc) is 3.25. The van der Waals surface area contributed by atoms with E-state index >= 15 is 0 Å². The van der Waals surface area contributed by atoms with Crippen molar-refractivity contribution in [1.82, 2.24) is 25.2 Å². The van der Waals surface area contributed by atoms with E-state index in [-0.39, 0.29) is 12.5 Å². The lowest BCUT2D eigenvalue weighted by atomic mass is 10.0. The summed E-state index contributed by atoms with van der Waals surface area (Å²) in [6.07, 6.45) is 0.571. The molecule has 4 heterocycles. The number of anilines is 1. The Morgan fingerprint density at radius 3 is 2.58 bits per heavy atom. The molecule has 2 fully saturated rings. The number of hydrogen-bond acceptors (Lipinski definition) is 8. The normalized spacial score (nSPS) is 18.3. The molecule has 12 heteroatoms. The summed E-state index contributed by atoms with van der Waals surface area (Å²) in [6, 6.07) is 8.74. The number of fused-ring (bicyclic) bond motifs is 1. The summed E-state index contributed by atoms with van der Waals surface area (Å²) in [5.41, 5.74) is 1.67. The number of alkyl halides is 3. The molecule has 0 aliphatic carbocycles. The van der Waals surface area contributed by atoms with Crippen LogP contribution in [-0.2, 0) is 15.7 Å². The minimum absolute atomic E-state index is 0.169. The van der Waals surface area contributed by atoms with Crippen molar-refractivity contribution in [2.75, 3.05) is 57.9 Å². The van der Waals surface area contributed by atoms with Gasteiger partial charge in [0.1, 0.15) is 5.82 Å². The molecule has 2 aliphatic rings. The fourth-order valence-corrected chi connectivity index (χ4v) is 5.13. The van der Waals surface area contributed by atoms with Crippen LogP contribution >= 0.6 is 0 Å². The van der Waals surface area contributed by atoms with Crippen molar-refractivity contribution in [3.8, 4) is 0 Å². The van der Waals surface area contributed by atoms with Crippen LogP contribution in [0.25, 0.3) is 10.9 Å². The molecule has 2 saturated heterocycles. The first-order valence-corrected chi connectivity index (χ1v) is 13.6. The Morgan fingerprint density at radius 2 is 1.80 bits per heavy atom. The van der Waals surface area contributed by atoms with Crippen LogP contribution in [0.3, 0.4) is 0 Å². The third kappa shape index (κ3) is 7.04. The first-order chi connectivity index (χ1) is 19.4. The van der Waals surface area contributed by atoms with Gasteiger partial charge in [0.05, 0.1) is 18.2 Å². The number of rotatable bonds is 8. The van der Waals surface area contributed by atoms with Crippen LogP contribution in [0, 0.1) is 5.92 Å². The van der Waals surface area contributed by atoms with Crippen LogP contribution in [0.2, 0.25) is 0 Å². The van der Waals surface area contributed by atoms with E-state index in [1.54, 1.807) is 12.1 Å². The van der Waals surface area contributed by atoms with E-state index in [2.05, 4.69) is 25.5 Å². The first-order valence-electron chi connectivity index (χ1n) is 13.6. The van der Waals surface area contributed by atoms with Gasteiger partial charge < -0.3 is 20.1 Å². The van der Waals surface area contributed by atoms with Crippen LogP contribution in [0.15, 0.2) is 42.7 Å². The van der Waals surface area contributed by atoms with Crippen molar-refractivity contribution in [2.24, 2.45) is 5.92 Å². The maximum atomic E-state index is 13.4. The monoisotopic (exact) mass is 558 g/mol. The predicted molar refractivity (Wildman–Crippen MR) is 143 cm³/mol. The Hall–Kier alpha value is -3.35. The van der Waals surface area contributed by atoms with Crippen molar-refractivity contribution in [3.63, 3.8) is 0 Å². The van der Waals surface area contributed by atoms with Crippen molar-refractivity contribution < 1.29 is 27.4 Å². The standard InChI is InChI=1S/C28H33F3N6O3/c29-28(30,31)27-34-16-20(17-35-27)24(37-9-2-11-39-14-10-37)18-33-26(38)22-3-1-4-23-21(22)5-6-25(36-23)32-15-19-7-12-40-13-8-19/h1,3-6,16-17,19,24H,2,7-15,18H2,(H,32,36)(H,33,38). The van der Waals surface area contributed by atoms with E-state index in [1.165, 1.54) is 12.4 Å². The highest BCUT2D eigenvalue weighted by Gasteiger charge is 2.35. The smallest absolute Gasteiger partial charge is 0.381 e. The Labute approximate surface area is 230 Å². The maximum Gasteiger partial charge on any atom is 0.451 e. The summed E-state index contributed by atoms with van der Waals surface area (Å²) in [4.78, 5) is 27.2. The van der Waals surface area contributed by atoms with Gasteiger partial charge in [-0.15, -0.1) is 0 Å². The third-order valence-electron chi connectivity index (χ3n) is 7.35. The van der Waals surface area contributed by atoms with Gasteiger partial charge in [0, 0.05) is 74.9 Å². The maximum absolute atomic E-state index is 13.4. The molecule has 1 unspecified atom stereocenters. The Morgan fingerprint density at radius 1 is 1.02 bits per heavy atom. The molecule has 0 saturated carbocycles. The largest absolute Gasteiger partial charge is 0.451 e. The van der Waals surface area contributed by atoms with Crippen molar-refractivity contribution in [1.29, 1.82) is 0 Å².